The molecule has 1 aliphatic rings. The maximum atomic E-state index is 12.4. The molecule has 1 aliphatic heterocycles. The Kier molecular flexibility index (Phi) is 4.98. The number of hydrogen-bond acceptors (Lipinski definition) is 4. The topological polar surface area (TPSA) is 41.1 Å². The molecule has 1 aromatic rings. The summed E-state index contributed by atoms with van der Waals surface area (Å²) in [5, 5.41) is 3.34. The number of piperazine rings is 1. The second kappa shape index (κ2) is 5.92. The van der Waals surface area contributed by atoms with Crippen LogP contribution >= 0.6 is 12.4 Å². The van der Waals surface area contributed by atoms with Crippen molar-refractivity contribution in [2.75, 3.05) is 18.0 Å². The lowest BCUT2D eigenvalue weighted by Gasteiger charge is -2.36. The Morgan fingerprint density at radius 3 is 2.16 bits per heavy atom. The van der Waals surface area contributed by atoms with Crippen molar-refractivity contribution in [3.8, 4) is 0 Å². The molecule has 19 heavy (non-hydrogen) atoms. The highest BCUT2D eigenvalue weighted by molar-refractivity contribution is 5.85. The summed E-state index contributed by atoms with van der Waals surface area (Å²) in [5.41, 5.74) is -0.956. The normalized spacial score (nSPS) is 23.9. The first-order valence-corrected chi connectivity index (χ1v) is 5.76. The summed E-state index contributed by atoms with van der Waals surface area (Å²) in [6.45, 7) is 5.48. The van der Waals surface area contributed by atoms with E-state index in [1.807, 2.05) is 18.7 Å². The summed E-state index contributed by atoms with van der Waals surface area (Å²) < 4.78 is 37.1. The molecule has 0 aliphatic carbocycles. The maximum absolute atomic E-state index is 12.4. The molecule has 8 heteroatoms. The van der Waals surface area contributed by atoms with Crippen LogP contribution in [0.15, 0.2) is 12.4 Å². The van der Waals surface area contributed by atoms with E-state index in [2.05, 4.69) is 15.3 Å². The van der Waals surface area contributed by atoms with Crippen molar-refractivity contribution in [3.63, 3.8) is 0 Å². The minimum Gasteiger partial charge on any atom is -0.352 e. The molecule has 4 nitrogen and oxygen atoms in total. The van der Waals surface area contributed by atoms with Crippen molar-refractivity contribution in [2.24, 2.45) is 0 Å². The standard InChI is InChI=1S/C11H15F3N4.ClH/c1-7-5-18(6-8(2)17-7)10-4-15-9(3-16-10)11(12,13)14;/h3-4,7-8,17H,5-6H2,1-2H3;1H/t7-,8+;. The van der Waals surface area contributed by atoms with Crippen molar-refractivity contribution in [1.82, 2.24) is 15.3 Å². The summed E-state index contributed by atoms with van der Waals surface area (Å²) in [6, 6.07) is 0.552. The van der Waals surface area contributed by atoms with E-state index < -0.39 is 11.9 Å². The summed E-state index contributed by atoms with van der Waals surface area (Å²) in [6.07, 6.45) is -2.46. The van der Waals surface area contributed by atoms with Gasteiger partial charge in [0.25, 0.3) is 0 Å². The third-order valence-corrected chi connectivity index (χ3v) is 2.81. The predicted octanol–water partition coefficient (Wildman–Crippen LogP) is 2.10. The first-order chi connectivity index (χ1) is 8.36. The highest BCUT2D eigenvalue weighted by Crippen LogP contribution is 2.27. The second-order valence-corrected chi connectivity index (χ2v) is 4.63. The van der Waals surface area contributed by atoms with E-state index in [0.717, 1.165) is 6.20 Å². The fourth-order valence-electron chi connectivity index (χ4n) is 2.14. The summed E-state index contributed by atoms with van der Waals surface area (Å²) in [5.74, 6) is 0.489. The molecule has 0 unspecified atom stereocenters. The van der Waals surface area contributed by atoms with Gasteiger partial charge in [-0.3, -0.25) is 0 Å². The van der Waals surface area contributed by atoms with Crippen LogP contribution in [0.2, 0.25) is 0 Å². The molecule has 1 saturated heterocycles. The van der Waals surface area contributed by atoms with Crippen molar-refractivity contribution in [2.45, 2.75) is 32.1 Å². The second-order valence-electron chi connectivity index (χ2n) is 4.63. The molecule has 0 aromatic carbocycles. The Balaban J connectivity index is 0.00000180. The van der Waals surface area contributed by atoms with Gasteiger partial charge in [-0.2, -0.15) is 13.2 Å². The minimum atomic E-state index is -4.43. The zero-order valence-electron chi connectivity index (χ0n) is 10.6. The van der Waals surface area contributed by atoms with Crippen LogP contribution in [0.25, 0.3) is 0 Å². The van der Waals surface area contributed by atoms with Gasteiger partial charge in [0.05, 0.1) is 12.4 Å². The molecule has 0 radical (unpaired) electrons. The Labute approximate surface area is 115 Å². The van der Waals surface area contributed by atoms with Crippen molar-refractivity contribution >= 4 is 18.2 Å². The molecule has 0 bridgehead atoms. The Hall–Kier alpha value is -1.08. The number of nitrogens with zero attached hydrogens (tertiary/aromatic N) is 3. The number of nitrogens with one attached hydrogen (secondary N) is 1. The number of alkyl halides is 3. The van der Waals surface area contributed by atoms with Crippen LogP contribution in [0.5, 0.6) is 0 Å². The van der Waals surface area contributed by atoms with Gasteiger partial charge in [-0.05, 0) is 13.8 Å². The number of halogens is 4. The monoisotopic (exact) mass is 296 g/mol. The zero-order chi connectivity index (χ0) is 13.3. The van der Waals surface area contributed by atoms with Gasteiger partial charge >= 0.3 is 6.18 Å². The summed E-state index contributed by atoms with van der Waals surface area (Å²) in [4.78, 5) is 9.22. The summed E-state index contributed by atoms with van der Waals surface area (Å²) >= 11 is 0. The Morgan fingerprint density at radius 1 is 1.16 bits per heavy atom. The van der Waals surface area contributed by atoms with Gasteiger partial charge in [0.1, 0.15) is 5.82 Å². The predicted molar refractivity (Wildman–Crippen MR) is 68.6 cm³/mol. The Morgan fingerprint density at radius 2 is 1.74 bits per heavy atom. The van der Waals surface area contributed by atoms with E-state index in [9.17, 15) is 13.2 Å². The van der Waals surface area contributed by atoms with Crippen LogP contribution in [0.4, 0.5) is 19.0 Å². The molecular weight excluding hydrogens is 281 g/mol. The molecule has 2 heterocycles. The molecule has 1 aromatic heterocycles. The lowest BCUT2D eigenvalue weighted by molar-refractivity contribution is -0.141. The number of rotatable bonds is 1. The zero-order valence-corrected chi connectivity index (χ0v) is 11.4. The third kappa shape index (κ3) is 3.94. The van der Waals surface area contributed by atoms with E-state index in [1.54, 1.807) is 0 Å². The average molecular weight is 297 g/mol. The van der Waals surface area contributed by atoms with Gasteiger partial charge in [-0.15, -0.1) is 12.4 Å². The first-order valence-electron chi connectivity index (χ1n) is 5.76. The number of aromatic nitrogens is 2. The lowest BCUT2D eigenvalue weighted by atomic mass is 10.1. The average Bonchev–Trinajstić information content (AvgIpc) is 2.27. The Bertz CT molecular complexity index is 399. The minimum absolute atomic E-state index is 0. The molecule has 2 rings (SSSR count). The van der Waals surface area contributed by atoms with Crippen LogP contribution in [0.3, 0.4) is 0 Å². The molecule has 1 N–H and O–H groups in total. The lowest BCUT2D eigenvalue weighted by Crippen LogP contribution is -2.54. The highest BCUT2D eigenvalue weighted by Gasteiger charge is 2.33. The third-order valence-electron chi connectivity index (χ3n) is 2.81. The van der Waals surface area contributed by atoms with E-state index in [1.165, 1.54) is 6.20 Å². The van der Waals surface area contributed by atoms with E-state index in [0.29, 0.717) is 18.9 Å². The summed E-state index contributed by atoms with van der Waals surface area (Å²) in [7, 11) is 0. The molecule has 0 saturated carbocycles. The largest absolute Gasteiger partial charge is 0.434 e. The molecule has 1 fully saturated rings. The van der Waals surface area contributed by atoms with E-state index >= 15 is 0 Å². The SMILES string of the molecule is C[C@@H]1CN(c2cnc(C(F)(F)F)cn2)C[C@H](C)N1.Cl. The highest BCUT2D eigenvalue weighted by atomic mass is 35.5. The van der Waals surface area contributed by atoms with Crippen molar-refractivity contribution in [1.29, 1.82) is 0 Å². The molecular formula is C11H16ClF3N4. The van der Waals surface area contributed by atoms with Crippen LogP contribution in [-0.2, 0) is 6.18 Å². The first kappa shape index (κ1) is 16.0. The van der Waals surface area contributed by atoms with Crippen LogP contribution in [0.1, 0.15) is 19.5 Å². The van der Waals surface area contributed by atoms with Crippen molar-refractivity contribution in [3.05, 3.63) is 18.1 Å². The van der Waals surface area contributed by atoms with E-state index in [4.69, 9.17) is 0 Å². The van der Waals surface area contributed by atoms with E-state index in [-0.39, 0.29) is 24.5 Å². The number of hydrogen-bond donors (Lipinski definition) is 1. The van der Waals surface area contributed by atoms with Crippen LogP contribution in [-0.4, -0.2) is 35.1 Å². The van der Waals surface area contributed by atoms with Gasteiger partial charge in [0, 0.05) is 25.2 Å². The van der Waals surface area contributed by atoms with Gasteiger partial charge in [-0.25, -0.2) is 9.97 Å². The fourth-order valence-corrected chi connectivity index (χ4v) is 2.14. The number of anilines is 1. The van der Waals surface area contributed by atoms with Crippen molar-refractivity contribution < 1.29 is 13.2 Å². The molecule has 2 atom stereocenters. The fraction of sp³-hybridized carbons (Fsp3) is 0.636. The quantitative estimate of drug-likeness (QED) is 0.862. The molecule has 108 valence electrons. The van der Waals surface area contributed by atoms with Gasteiger partial charge in [0.2, 0.25) is 0 Å². The maximum Gasteiger partial charge on any atom is 0.434 e. The molecule has 0 spiro atoms. The molecule has 0 amide bonds. The van der Waals surface area contributed by atoms with Gasteiger partial charge in [0.15, 0.2) is 5.69 Å². The van der Waals surface area contributed by atoms with Crippen LogP contribution in [0, 0.1) is 0 Å². The smallest absolute Gasteiger partial charge is 0.352 e. The van der Waals surface area contributed by atoms with Gasteiger partial charge in [-0.1, -0.05) is 0 Å². The van der Waals surface area contributed by atoms with Crippen LogP contribution < -0.4 is 10.2 Å². The van der Waals surface area contributed by atoms with Gasteiger partial charge < -0.3 is 10.2 Å².